The number of benzene rings is 3. The Hall–Kier alpha value is -3.72. The number of aromatic nitrogens is 2. The highest BCUT2D eigenvalue weighted by molar-refractivity contribution is 7.92. The summed E-state index contributed by atoms with van der Waals surface area (Å²) in [6.07, 6.45) is 0. The molecule has 3 N–H and O–H groups in total. The fourth-order valence-electron chi connectivity index (χ4n) is 2.95. The summed E-state index contributed by atoms with van der Waals surface area (Å²) in [5.74, 6) is -0.969. The Labute approximate surface area is 172 Å². The first-order valence-corrected chi connectivity index (χ1v) is 10.5. The van der Waals surface area contributed by atoms with Crippen LogP contribution >= 0.6 is 0 Å². The number of halogens is 1. The molecule has 0 radical (unpaired) electrons. The summed E-state index contributed by atoms with van der Waals surface area (Å²) in [5.41, 5.74) is 2.01. The van der Waals surface area contributed by atoms with E-state index in [0.717, 1.165) is 11.6 Å². The second-order valence-corrected chi connectivity index (χ2v) is 8.30. The number of amides is 1. The number of imidazole rings is 1. The molecule has 4 rings (SSSR count). The van der Waals surface area contributed by atoms with Gasteiger partial charge in [-0.1, -0.05) is 30.3 Å². The zero-order valence-corrected chi connectivity index (χ0v) is 16.6. The van der Waals surface area contributed by atoms with Gasteiger partial charge >= 0.3 is 0 Å². The van der Waals surface area contributed by atoms with E-state index < -0.39 is 21.7 Å². The normalized spacial score (nSPS) is 11.4. The van der Waals surface area contributed by atoms with Crippen LogP contribution in [0.1, 0.15) is 15.9 Å². The number of anilines is 2. The standard InChI is InChI=1S/C21H17FN4O3S/c1-13-10-11-14(30(28,29)26-17-7-3-2-6-16(17)22)12-15(13)20(27)25-21-23-18-8-4-5-9-19(18)24-21/h2-12,26H,1H3,(H2,23,24,25,27). The predicted octanol–water partition coefficient (Wildman–Crippen LogP) is 4.06. The lowest BCUT2D eigenvalue weighted by Crippen LogP contribution is -2.18. The molecule has 0 spiro atoms. The van der Waals surface area contributed by atoms with Crippen LogP contribution in [0.2, 0.25) is 0 Å². The zero-order chi connectivity index (χ0) is 21.3. The predicted molar refractivity (Wildman–Crippen MR) is 112 cm³/mol. The molecule has 4 aromatic rings. The van der Waals surface area contributed by atoms with Crippen LogP contribution in [0.5, 0.6) is 0 Å². The molecule has 0 atom stereocenters. The quantitative estimate of drug-likeness (QED) is 0.449. The van der Waals surface area contributed by atoms with Gasteiger partial charge in [-0.3, -0.25) is 14.8 Å². The van der Waals surface area contributed by atoms with Gasteiger partial charge in [-0.25, -0.2) is 17.8 Å². The number of H-pyrrole nitrogens is 1. The summed E-state index contributed by atoms with van der Waals surface area (Å²) < 4.78 is 41.4. The number of nitrogens with zero attached hydrogens (tertiary/aromatic N) is 1. The van der Waals surface area contributed by atoms with Crippen LogP contribution in [-0.2, 0) is 10.0 Å². The number of hydrogen-bond donors (Lipinski definition) is 3. The van der Waals surface area contributed by atoms with Crippen molar-refractivity contribution < 1.29 is 17.6 Å². The van der Waals surface area contributed by atoms with Crippen molar-refractivity contribution in [3.8, 4) is 0 Å². The van der Waals surface area contributed by atoms with Gasteiger partial charge in [0.1, 0.15) is 5.82 Å². The minimum Gasteiger partial charge on any atom is -0.324 e. The van der Waals surface area contributed by atoms with Crippen molar-refractivity contribution in [1.82, 2.24) is 9.97 Å². The summed E-state index contributed by atoms with van der Waals surface area (Å²) in [6.45, 7) is 1.69. The van der Waals surface area contributed by atoms with Crippen LogP contribution in [0.15, 0.2) is 71.6 Å². The van der Waals surface area contributed by atoms with Gasteiger partial charge < -0.3 is 4.98 Å². The van der Waals surface area contributed by atoms with Crippen LogP contribution in [0.3, 0.4) is 0 Å². The molecule has 0 aliphatic heterocycles. The van der Waals surface area contributed by atoms with Gasteiger partial charge in [0.2, 0.25) is 5.95 Å². The average Bonchev–Trinajstić information content (AvgIpc) is 3.12. The van der Waals surface area contributed by atoms with Gasteiger partial charge in [-0.15, -0.1) is 0 Å². The summed E-state index contributed by atoms with van der Waals surface area (Å²) in [7, 11) is -4.10. The molecule has 0 saturated heterocycles. The Morgan fingerprint density at radius 3 is 2.53 bits per heavy atom. The van der Waals surface area contributed by atoms with Gasteiger partial charge in [-0.05, 0) is 48.9 Å². The van der Waals surface area contributed by atoms with Gasteiger partial charge in [-0.2, -0.15) is 0 Å². The molecule has 9 heteroatoms. The minimum absolute atomic E-state index is 0.159. The molecule has 0 aliphatic rings. The van der Waals surface area contributed by atoms with E-state index in [1.54, 1.807) is 13.0 Å². The molecule has 7 nitrogen and oxygen atoms in total. The van der Waals surface area contributed by atoms with Crippen LogP contribution in [0.25, 0.3) is 11.0 Å². The molecule has 0 fully saturated rings. The number of para-hydroxylation sites is 3. The Bertz CT molecular complexity index is 1330. The van der Waals surface area contributed by atoms with E-state index >= 15 is 0 Å². The fraction of sp³-hybridized carbons (Fsp3) is 0.0476. The van der Waals surface area contributed by atoms with E-state index in [2.05, 4.69) is 20.0 Å². The number of sulfonamides is 1. The average molecular weight is 424 g/mol. The SMILES string of the molecule is Cc1ccc(S(=O)(=O)Nc2ccccc2F)cc1C(=O)Nc1nc2ccccc2[nH]1. The molecular formula is C21H17FN4O3S. The van der Waals surface area contributed by atoms with E-state index in [1.807, 2.05) is 18.2 Å². The number of nitrogens with one attached hydrogen (secondary N) is 3. The Kier molecular flexibility index (Phi) is 4.96. The third-order valence-corrected chi connectivity index (χ3v) is 5.87. The third-order valence-electron chi connectivity index (χ3n) is 4.50. The van der Waals surface area contributed by atoms with Crippen molar-refractivity contribution >= 4 is 38.6 Å². The van der Waals surface area contributed by atoms with Crippen molar-refractivity contribution in [2.45, 2.75) is 11.8 Å². The molecule has 0 unspecified atom stereocenters. The van der Waals surface area contributed by atoms with Crippen molar-refractivity contribution in [2.75, 3.05) is 10.0 Å². The lowest BCUT2D eigenvalue weighted by molar-refractivity contribution is 0.102. The number of carbonyl (C=O) groups excluding carboxylic acids is 1. The summed E-state index contributed by atoms with van der Waals surface area (Å²) in [6, 6.07) is 16.9. The van der Waals surface area contributed by atoms with Crippen LogP contribution in [0.4, 0.5) is 16.0 Å². The maximum absolute atomic E-state index is 13.8. The summed E-state index contributed by atoms with van der Waals surface area (Å²) in [4.78, 5) is 19.9. The lowest BCUT2D eigenvalue weighted by Gasteiger charge is -2.11. The van der Waals surface area contributed by atoms with Crippen molar-refractivity contribution in [2.24, 2.45) is 0 Å². The van der Waals surface area contributed by atoms with E-state index in [9.17, 15) is 17.6 Å². The van der Waals surface area contributed by atoms with E-state index in [4.69, 9.17) is 0 Å². The first kappa shape index (κ1) is 19.6. The topological polar surface area (TPSA) is 104 Å². The summed E-state index contributed by atoms with van der Waals surface area (Å²) in [5, 5.41) is 2.65. The number of aromatic amines is 1. The van der Waals surface area contributed by atoms with Gasteiger partial charge in [0.05, 0.1) is 21.6 Å². The molecule has 3 aromatic carbocycles. The minimum atomic E-state index is -4.10. The summed E-state index contributed by atoms with van der Waals surface area (Å²) >= 11 is 0. The number of carbonyl (C=O) groups is 1. The first-order chi connectivity index (χ1) is 14.3. The molecule has 1 aromatic heterocycles. The Morgan fingerprint density at radius 1 is 1.03 bits per heavy atom. The Balaban J connectivity index is 1.62. The molecule has 0 saturated carbocycles. The maximum Gasteiger partial charge on any atom is 0.262 e. The molecule has 0 aliphatic carbocycles. The van der Waals surface area contributed by atoms with Crippen LogP contribution < -0.4 is 10.0 Å². The highest BCUT2D eigenvalue weighted by atomic mass is 32.2. The molecule has 152 valence electrons. The van der Waals surface area contributed by atoms with E-state index in [0.29, 0.717) is 11.1 Å². The molecular weight excluding hydrogens is 407 g/mol. The van der Waals surface area contributed by atoms with E-state index in [1.165, 1.54) is 36.4 Å². The van der Waals surface area contributed by atoms with Crippen LogP contribution in [-0.4, -0.2) is 24.3 Å². The highest BCUT2D eigenvalue weighted by Crippen LogP contribution is 2.22. The third kappa shape index (κ3) is 3.87. The number of hydrogen-bond acceptors (Lipinski definition) is 4. The largest absolute Gasteiger partial charge is 0.324 e. The lowest BCUT2D eigenvalue weighted by atomic mass is 10.1. The van der Waals surface area contributed by atoms with Crippen LogP contribution in [0, 0.1) is 12.7 Å². The Morgan fingerprint density at radius 2 is 1.77 bits per heavy atom. The molecule has 1 heterocycles. The fourth-order valence-corrected chi connectivity index (χ4v) is 4.04. The molecule has 1 amide bonds. The zero-order valence-electron chi connectivity index (χ0n) is 15.8. The smallest absolute Gasteiger partial charge is 0.262 e. The van der Waals surface area contributed by atoms with Crippen molar-refractivity contribution in [3.05, 3.63) is 83.7 Å². The van der Waals surface area contributed by atoms with E-state index in [-0.39, 0.29) is 22.1 Å². The van der Waals surface area contributed by atoms with Gasteiger partial charge in [0.15, 0.2) is 0 Å². The van der Waals surface area contributed by atoms with Crippen molar-refractivity contribution in [1.29, 1.82) is 0 Å². The van der Waals surface area contributed by atoms with Gasteiger partial charge in [0, 0.05) is 5.56 Å². The molecule has 0 bridgehead atoms. The second-order valence-electron chi connectivity index (χ2n) is 6.62. The monoisotopic (exact) mass is 424 g/mol. The number of rotatable bonds is 5. The van der Waals surface area contributed by atoms with Gasteiger partial charge in [0.25, 0.3) is 15.9 Å². The molecule has 30 heavy (non-hydrogen) atoms. The maximum atomic E-state index is 13.8. The second kappa shape index (κ2) is 7.60. The number of aryl methyl sites for hydroxylation is 1. The highest BCUT2D eigenvalue weighted by Gasteiger charge is 2.20. The first-order valence-electron chi connectivity index (χ1n) is 8.97. The van der Waals surface area contributed by atoms with Crippen molar-refractivity contribution in [3.63, 3.8) is 0 Å². The number of fused-ring (bicyclic) bond motifs is 1.